The van der Waals surface area contributed by atoms with Gasteiger partial charge in [-0.25, -0.2) is 9.37 Å². The first-order valence-electron chi connectivity index (χ1n) is 6.14. The Balaban J connectivity index is 2.18. The third-order valence-electron chi connectivity index (χ3n) is 2.91. The third kappa shape index (κ3) is 2.75. The second kappa shape index (κ2) is 5.17. The predicted molar refractivity (Wildman–Crippen MR) is 68.7 cm³/mol. The minimum Gasteiger partial charge on any atom is -0.353 e. The largest absolute Gasteiger partial charge is 0.353 e. The highest BCUT2D eigenvalue weighted by molar-refractivity contribution is 5.77. The Kier molecular flexibility index (Phi) is 3.61. The molecule has 0 fully saturated rings. The van der Waals surface area contributed by atoms with Crippen molar-refractivity contribution in [3.63, 3.8) is 0 Å². The van der Waals surface area contributed by atoms with Crippen molar-refractivity contribution in [1.29, 1.82) is 0 Å². The lowest BCUT2D eigenvalue weighted by Gasteiger charge is -2.14. The van der Waals surface area contributed by atoms with E-state index in [0.717, 1.165) is 36.2 Å². The number of rotatable bonds is 5. The number of nitrogens with one attached hydrogen (secondary N) is 2. The van der Waals surface area contributed by atoms with Gasteiger partial charge in [0.25, 0.3) is 0 Å². The number of hydrogen-bond donors (Lipinski definition) is 2. The van der Waals surface area contributed by atoms with Crippen LogP contribution in [0.5, 0.6) is 0 Å². The highest BCUT2D eigenvalue weighted by Crippen LogP contribution is 2.17. The van der Waals surface area contributed by atoms with Crippen LogP contribution in [0.4, 0.5) is 10.3 Å². The van der Waals surface area contributed by atoms with Gasteiger partial charge in [0.2, 0.25) is 5.95 Å². The second-order valence-electron chi connectivity index (χ2n) is 4.29. The zero-order valence-corrected chi connectivity index (χ0v) is 10.3. The molecule has 0 aliphatic rings. The molecule has 1 aromatic carbocycles. The molecule has 1 atom stereocenters. The fourth-order valence-corrected chi connectivity index (χ4v) is 1.97. The van der Waals surface area contributed by atoms with E-state index < -0.39 is 0 Å². The van der Waals surface area contributed by atoms with Crippen LogP contribution in [0, 0.1) is 5.82 Å². The van der Waals surface area contributed by atoms with Crippen LogP contribution < -0.4 is 5.32 Å². The first-order chi connectivity index (χ1) is 8.22. The van der Waals surface area contributed by atoms with Gasteiger partial charge >= 0.3 is 0 Å². The van der Waals surface area contributed by atoms with Gasteiger partial charge in [0.15, 0.2) is 0 Å². The Labute approximate surface area is 100 Å². The summed E-state index contributed by atoms with van der Waals surface area (Å²) < 4.78 is 13.0. The van der Waals surface area contributed by atoms with E-state index >= 15 is 0 Å². The van der Waals surface area contributed by atoms with Gasteiger partial charge < -0.3 is 10.3 Å². The van der Waals surface area contributed by atoms with E-state index in [1.165, 1.54) is 12.1 Å². The summed E-state index contributed by atoms with van der Waals surface area (Å²) in [7, 11) is 0. The Morgan fingerprint density at radius 2 is 2.24 bits per heavy atom. The van der Waals surface area contributed by atoms with E-state index in [1.807, 2.05) is 0 Å². The van der Waals surface area contributed by atoms with Gasteiger partial charge in [0, 0.05) is 6.04 Å². The van der Waals surface area contributed by atoms with Crippen molar-refractivity contribution in [3.05, 3.63) is 24.0 Å². The normalized spacial score (nSPS) is 12.9. The molecular formula is C13H18FN3. The van der Waals surface area contributed by atoms with Crippen molar-refractivity contribution in [1.82, 2.24) is 9.97 Å². The van der Waals surface area contributed by atoms with Gasteiger partial charge in [-0.05, 0) is 31.0 Å². The Morgan fingerprint density at radius 3 is 2.94 bits per heavy atom. The molecule has 17 heavy (non-hydrogen) atoms. The van der Waals surface area contributed by atoms with Gasteiger partial charge in [-0.3, -0.25) is 0 Å². The average molecular weight is 235 g/mol. The molecule has 1 aromatic heterocycles. The minimum absolute atomic E-state index is 0.242. The molecule has 0 aliphatic carbocycles. The summed E-state index contributed by atoms with van der Waals surface area (Å²) in [6, 6.07) is 5.00. The van der Waals surface area contributed by atoms with Crippen LogP contribution in [-0.4, -0.2) is 16.0 Å². The maximum atomic E-state index is 13.0. The summed E-state index contributed by atoms with van der Waals surface area (Å²) in [5.74, 6) is 0.485. The quantitative estimate of drug-likeness (QED) is 0.829. The van der Waals surface area contributed by atoms with Crippen molar-refractivity contribution in [2.45, 2.75) is 39.2 Å². The fraction of sp³-hybridized carbons (Fsp3) is 0.462. The molecule has 0 amide bonds. The number of aromatic amines is 1. The van der Waals surface area contributed by atoms with E-state index in [-0.39, 0.29) is 5.82 Å². The number of aromatic nitrogens is 2. The number of hydrogen-bond acceptors (Lipinski definition) is 2. The standard InChI is InChI=1S/C13H18FN3/c1-3-5-10(4-2)15-13-16-11-7-6-9(14)8-12(11)17-13/h6-8,10H,3-5H2,1-2H3,(H2,15,16,17). The second-order valence-corrected chi connectivity index (χ2v) is 4.29. The van der Waals surface area contributed by atoms with Crippen LogP contribution >= 0.6 is 0 Å². The molecule has 2 N–H and O–H groups in total. The minimum atomic E-state index is -0.242. The van der Waals surface area contributed by atoms with Crippen LogP contribution in [0.1, 0.15) is 33.1 Å². The molecule has 0 bridgehead atoms. The molecule has 4 heteroatoms. The molecule has 1 heterocycles. The van der Waals surface area contributed by atoms with Gasteiger partial charge in [-0.2, -0.15) is 0 Å². The monoisotopic (exact) mass is 235 g/mol. The van der Waals surface area contributed by atoms with Crippen molar-refractivity contribution in [2.75, 3.05) is 5.32 Å². The third-order valence-corrected chi connectivity index (χ3v) is 2.91. The fourth-order valence-electron chi connectivity index (χ4n) is 1.97. The summed E-state index contributed by atoms with van der Waals surface area (Å²) in [4.78, 5) is 7.49. The molecule has 1 unspecified atom stereocenters. The van der Waals surface area contributed by atoms with Crippen LogP contribution in [-0.2, 0) is 0 Å². The summed E-state index contributed by atoms with van der Waals surface area (Å²) in [6.07, 6.45) is 3.31. The SMILES string of the molecule is CCCC(CC)Nc1nc2ccc(F)cc2[nH]1. The van der Waals surface area contributed by atoms with E-state index in [4.69, 9.17) is 0 Å². The zero-order chi connectivity index (χ0) is 12.3. The first kappa shape index (κ1) is 11.9. The summed E-state index contributed by atoms with van der Waals surface area (Å²) in [6.45, 7) is 4.31. The maximum absolute atomic E-state index is 13.0. The lowest BCUT2D eigenvalue weighted by molar-refractivity contribution is 0.619. The number of benzene rings is 1. The first-order valence-corrected chi connectivity index (χ1v) is 6.14. The van der Waals surface area contributed by atoms with Crippen LogP contribution in [0.25, 0.3) is 11.0 Å². The summed E-state index contributed by atoms with van der Waals surface area (Å²) in [5, 5.41) is 3.35. The highest BCUT2D eigenvalue weighted by Gasteiger charge is 2.08. The molecule has 2 rings (SSSR count). The summed E-state index contributed by atoms with van der Waals surface area (Å²) in [5.41, 5.74) is 1.53. The van der Waals surface area contributed by atoms with E-state index in [9.17, 15) is 4.39 Å². The molecular weight excluding hydrogens is 217 g/mol. The van der Waals surface area contributed by atoms with Crippen molar-refractivity contribution >= 4 is 17.0 Å². The molecule has 0 spiro atoms. The van der Waals surface area contributed by atoms with E-state index in [0.29, 0.717) is 6.04 Å². The van der Waals surface area contributed by atoms with Crippen molar-refractivity contribution in [2.24, 2.45) is 0 Å². The Morgan fingerprint density at radius 1 is 1.41 bits per heavy atom. The lowest BCUT2D eigenvalue weighted by atomic mass is 10.1. The maximum Gasteiger partial charge on any atom is 0.201 e. The molecule has 0 radical (unpaired) electrons. The number of nitrogens with zero attached hydrogens (tertiary/aromatic N) is 1. The van der Waals surface area contributed by atoms with Crippen LogP contribution in [0.15, 0.2) is 18.2 Å². The molecule has 3 nitrogen and oxygen atoms in total. The smallest absolute Gasteiger partial charge is 0.201 e. The van der Waals surface area contributed by atoms with Gasteiger partial charge in [-0.1, -0.05) is 20.3 Å². The Bertz CT molecular complexity index is 492. The van der Waals surface area contributed by atoms with Gasteiger partial charge in [0.05, 0.1) is 11.0 Å². The summed E-state index contributed by atoms with van der Waals surface area (Å²) >= 11 is 0. The molecule has 0 saturated heterocycles. The number of fused-ring (bicyclic) bond motifs is 1. The number of anilines is 1. The van der Waals surface area contributed by atoms with Gasteiger partial charge in [-0.15, -0.1) is 0 Å². The van der Waals surface area contributed by atoms with E-state index in [2.05, 4.69) is 29.1 Å². The molecule has 92 valence electrons. The molecule has 2 aromatic rings. The number of imidazole rings is 1. The van der Waals surface area contributed by atoms with Crippen molar-refractivity contribution < 1.29 is 4.39 Å². The number of H-pyrrole nitrogens is 1. The number of halogens is 1. The van der Waals surface area contributed by atoms with Crippen LogP contribution in [0.2, 0.25) is 0 Å². The highest BCUT2D eigenvalue weighted by atomic mass is 19.1. The zero-order valence-electron chi connectivity index (χ0n) is 10.3. The topological polar surface area (TPSA) is 40.7 Å². The Hall–Kier alpha value is -1.58. The predicted octanol–water partition coefficient (Wildman–Crippen LogP) is 3.69. The molecule has 0 aliphatic heterocycles. The molecule has 0 saturated carbocycles. The average Bonchev–Trinajstić information content (AvgIpc) is 2.69. The lowest BCUT2D eigenvalue weighted by Crippen LogP contribution is -2.18. The van der Waals surface area contributed by atoms with Crippen molar-refractivity contribution in [3.8, 4) is 0 Å². The van der Waals surface area contributed by atoms with E-state index in [1.54, 1.807) is 6.07 Å². The van der Waals surface area contributed by atoms with Crippen LogP contribution in [0.3, 0.4) is 0 Å². The van der Waals surface area contributed by atoms with Gasteiger partial charge in [0.1, 0.15) is 5.82 Å².